The van der Waals surface area contributed by atoms with Gasteiger partial charge in [-0.25, -0.2) is 0 Å². The summed E-state index contributed by atoms with van der Waals surface area (Å²) in [4.78, 5) is 0. The molecule has 0 amide bonds. The highest BCUT2D eigenvalue weighted by Crippen LogP contribution is 2.29. The minimum Gasteiger partial charge on any atom is -0.496 e. The van der Waals surface area contributed by atoms with Gasteiger partial charge in [-0.05, 0) is 69.8 Å². The predicted octanol–water partition coefficient (Wildman–Crippen LogP) is 2.49. The Balaban J connectivity index is 2.76. The molecule has 1 aromatic rings. The van der Waals surface area contributed by atoms with Crippen LogP contribution in [0.1, 0.15) is 36.1 Å². The number of rotatable bonds is 6. The van der Waals surface area contributed by atoms with Crippen molar-refractivity contribution in [2.24, 2.45) is 5.73 Å². The number of nitrogens with two attached hydrogens (primary N) is 1. The van der Waals surface area contributed by atoms with Crippen LogP contribution >= 0.6 is 0 Å². The van der Waals surface area contributed by atoms with E-state index in [9.17, 15) is 0 Å². The van der Waals surface area contributed by atoms with E-state index in [1.807, 2.05) is 13.8 Å². The fourth-order valence-corrected chi connectivity index (χ4v) is 2.32. The molecule has 0 aliphatic carbocycles. The Hall–Kier alpha value is -1.06. The lowest BCUT2D eigenvalue weighted by Gasteiger charge is -2.20. The Bertz CT molecular complexity index is 433. The topological polar surface area (TPSA) is 47.3 Å². The van der Waals surface area contributed by atoms with Crippen LogP contribution in [-0.2, 0) is 6.42 Å². The molecule has 0 unspecified atom stereocenters. The van der Waals surface area contributed by atoms with Crippen molar-refractivity contribution >= 4 is 0 Å². The maximum absolute atomic E-state index is 5.96. The van der Waals surface area contributed by atoms with E-state index >= 15 is 0 Å². The highest BCUT2D eigenvalue weighted by Gasteiger charge is 2.13. The fraction of sp³-hybridized carbons (Fsp3) is 0.625. The van der Waals surface area contributed by atoms with Crippen LogP contribution in [0.4, 0.5) is 0 Å². The molecule has 1 aromatic carbocycles. The highest BCUT2D eigenvalue weighted by atomic mass is 16.5. The van der Waals surface area contributed by atoms with E-state index in [2.05, 4.69) is 32.2 Å². The fourth-order valence-electron chi connectivity index (χ4n) is 2.32. The first-order valence-electron chi connectivity index (χ1n) is 6.89. The average Bonchev–Trinajstić information content (AvgIpc) is 2.29. The molecular weight excluding hydrogens is 236 g/mol. The third-order valence-electron chi connectivity index (χ3n) is 3.45. The van der Waals surface area contributed by atoms with Crippen molar-refractivity contribution in [3.8, 4) is 5.75 Å². The summed E-state index contributed by atoms with van der Waals surface area (Å²) in [5, 5.41) is 3.41. The van der Waals surface area contributed by atoms with Gasteiger partial charge in [0.2, 0.25) is 0 Å². The molecule has 0 fully saturated rings. The van der Waals surface area contributed by atoms with Gasteiger partial charge >= 0.3 is 0 Å². The van der Waals surface area contributed by atoms with Crippen molar-refractivity contribution in [1.82, 2.24) is 5.32 Å². The molecule has 19 heavy (non-hydrogen) atoms. The zero-order chi connectivity index (χ0) is 14.6. The summed E-state index contributed by atoms with van der Waals surface area (Å²) in [6.45, 7) is 12.2. The second kappa shape index (κ2) is 6.40. The second-order valence-electron chi connectivity index (χ2n) is 6.06. The summed E-state index contributed by atoms with van der Waals surface area (Å²) >= 11 is 0. The first-order chi connectivity index (χ1) is 8.76. The Morgan fingerprint density at radius 1 is 1.21 bits per heavy atom. The Kier molecular flexibility index (Phi) is 5.39. The number of hydrogen-bond donors (Lipinski definition) is 2. The van der Waals surface area contributed by atoms with Gasteiger partial charge in [0.25, 0.3) is 0 Å². The lowest BCUT2D eigenvalue weighted by atomic mass is 9.97. The maximum Gasteiger partial charge on any atom is 0.125 e. The van der Waals surface area contributed by atoms with Gasteiger partial charge in [-0.1, -0.05) is 6.07 Å². The van der Waals surface area contributed by atoms with E-state index in [4.69, 9.17) is 10.5 Å². The Labute approximate surface area is 117 Å². The highest BCUT2D eigenvalue weighted by molar-refractivity contribution is 5.49. The minimum atomic E-state index is -0.164. The van der Waals surface area contributed by atoms with Crippen molar-refractivity contribution < 1.29 is 4.74 Å². The van der Waals surface area contributed by atoms with Gasteiger partial charge in [0.05, 0.1) is 7.11 Å². The molecule has 0 aliphatic heterocycles. The van der Waals surface area contributed by atoms with Crippen molar-refractivity contribution in [3.05, 3.63) is 28.3 Å². The molecule has 0 bridgehead atoms. The summed E-state index contributed by atoms with van der Waals surface area (Å²) in [6, 6.07) is 2.24. The van der Waals surface area contributed by atoms with Gasteiger partial charge in [-0.2, -0.15) is 0 Å². The molecule has 1 rings (SSSR count). The number of benzene rings is 1. The van der Waals surface area contributed by atoms with Crippen molar-refractivity contribution in [2.45, 2.75) is 46.6 Å². The summed E-state index contributed by atoms with van der Waals surface area (Å²) in [5.41, 5.74) is 10.9. The summed E-state index contributed by atoms with van der Waals surface area (Å²) < 4.78 is 5.58. The lowest BCUT2D eigenvalue weighted by molar-refractivity contribution is 0.404. The van der Waals surface area contributed by atoms with Gasteiger partial charge in [0.1, 0.15) is 5.75 Å². The van der Waals surface area contributed by atoms with Gasteiger partial charge in [0.15, 0.2) is 0 Å². The quantitative estimate of drug-likeness (QED) is 0.776. The zero-order valence-corrected chi connectivity index (χ0v) is 13.2. The van der Waals surface area contributed by atoms with E-state index in [0.29, 0.717) is 0 Å². The third-order valence-corrected chi connectivity index (χ3v) is 3.45. The molecule has 108 valence electrons. The predicted molar refractivity (Wildman–Crippen MR) is 82.0 cm³/mol. The SMILES string of the molecule is COc1c(C)c(C)cc(C)c1CCNCC(C)(C)N. The number of nitrogens with one attached hydrogen (secondary N) is 1. The summed E-state index contributed by atoms with van der Waals surface area (Å²) in [7, 11) is 1.75. The van der Waals surface area contributed by atoms with Crippen LogP contribution in [0.3, 0.4) is 0 Å². The summed E-state index contributed by atoms with van der Waals surface area (Å²) in [5.74, 6) is 1.03. The molecule has 0 aromatic heterocycles. The van der Waals surface area contributed by atoms with Crippen molar-refractivity contribution in [2.75, 3.05) is 20.2 Å². The minimum absolute atomic E-state index is 0.164. The number of ether oxygens (including phenoxy) is 1. The van der Waals surface area contributed by atoms with Crippen LogP contribution in [0.5, 0.6) is 5.75 Å². The molecule has 3 nitrogen and oxygen atoms in total. The monoisotopic (exact) mass is 264 g/mol. The largest absolute Gasteiger partial charge is 0.496 e. The van der Waals surface area contributed by atoms with Crippen LogP contribution in [0, 0.1) is 20.8 Å². The maximum atomic E-state index is 5.96. The van der Waals surface area contributed by atoms with Crippen LogP contribution in [0.25, 0.3) is 0 Å². The summed E-state index contributed by atoms with van der Waals surface area (Å²) in [6.07, 6.45) is 0.964. The van der Waals surface area contributed by atoms with Crippen molar-refractivity contribution in [1.29, 1.82) is 0 Å². The van der Waals surface area contributed by atoms with Gasteiger partial charge in [-0.15, -0.1) is 0 Å². The molecule has 0 radical (unpaired) electrons. The third kappa shape index (κ3) is 4.51. The molecular formula is C16H28N2O. The Morgan fingerprint density at radius 2 is 1.84 bits per heavy atom. The van der Waals surface area contributed by atoms with Gasteiger partial charge < -0.3 is 15.8 Å². The van der Waals surface area contributed by atoms with Crippen LogP contribution in [-0.4, -0.2) is 25.7 Å². The smallest absolute Gasteiger partial charge is 0.125 e. The second-order valence-corrected chi connectivity index (χ2v) is 6.06. The average molecular weight is 264 g/mol. The van der Waals surface area contributed by atoms with Gasteiger partial charge in [0, 0.05) is 12.1 Å². The lowest BCUT2D eigenvalue weighted by Crippen LogP contribution is -2.43. The zero-order valence-electron chi connectivity index (χ0n) is 13.2. The standard InChI is InChI=1S/C16H28N2O/c1-11-9-12(2)14(15(19-6)13(11)3)7-8-18-10-16(4,5)17/h9,18H,7-8,10,17H2,1-6H3. The molecule has 0 saturated carbocycles. The normalized spacial score (nSPS) is 11.7. The van der Waals surface area contributed by atoms with E-state index < -0.39 is 0 Å². The molecule has 3 heteroatoms. The first-order valence-corrected chi connectivity index (χ1v) is 6.89. The van der Waals surface area contributed by atoms with Gasteiger partial charge in [-0.3, -0.25) is 0 Å². The molecule has 0 aliphatic rings. The van der Waals surface area contributed by atoms with Crippen LogP contribution < -0.4 is 15.8 Å². The van der Waals surface area contributed by atoms with Crippen LogP contribution in [0.15, 0.2) is 6.07 Å². The molecule has 0 atom stereocenters. The van der Waals surface area contributed by atoms with Crippen LogP contribution in [0.2, 0.25) is 0 Å². The molecule has 0 heterocycles. The molecule has 0 spiro atoms. The van der Waals surface area contributed by atoms with E-state index in [-0.39, 0.29) is 5.54 Å². The van der Waals surface area contributed by atoms with E-state index in [0.717, 1.165) is 25.3 Å². The number of methoxy groups -OCH3 is 1. The number of aryl methyl sites for hydroxylation is 2. The van der Waals surface area contributed by atoms with Crippen molar-refractivity contribution in [3.63, 3.8) is 0 Å². The first kappa shape index (κ1) is 16.0. The van der Waals surface area contributed by atoms with E-state index in [1.54, 1.807) is 7.11 Å². The Morgan fingerprint density at radius 3 is 2.37 bits per heavy atom. The molecule has 0 saturated heterocycles. The van der Waals surface area contributed by atoms with E-state index in [1.165, 1.54) is 22.3 Å². The number of hydrogen-bond acceptors (Lipinski definition) is 3. The molecule has 3 N–H and O–H groups in total.